The number of aliphatic imine (C=N–C) groups is 1. The predicted molar refractivity (Wildman–Crippen MR) is 94.6 cm³/mol. The van der Waals surface area contributed by atoms with Crippen LogP contribution in [-0.4, -0.2) is 25.5 Å². The molecule has 0 aliphatic rings. The van der Waals surface area contributed by atoms with Crippen molar-refractivity contribution in [2.45, 2.75) is 19.7 Å². The van der Waals surface area contributed by atoms with Crippen molar-refractivity contribution in [1.29, 1.82) is 0 Å². The van der Waals surface area contributed by atoms with Gasteiger partial charge in [-0.15, -0.1) is 13.2 Å². The third-order valence-corrected chi connectivity index (χ3v) is 3.25. The van der Waals surface area contributed by atoms with Crippen LogP contribution >= 0.6 is 0 Å². The van der Waals surface area contributed by atoms with E-state index in [9.17, 15) is 13.2 Å². The molecule has 0 spiro atoms. The number of benzene rings is 2. The molecule has 0 fully saturated rings. The monoisotopic (exact) mass is 367 g/mol. The summed E-state index contributed by atoms with van der Waals surface area (Å²) in [7, 11) is 0. The number of hydrogen-bond acceptors (Lipinski definition) is 3. The molecule has 3 N–H and O–H groups in total. The highest BCUT2D eigenvalue weighted by molar-refractivity contribution is 5.92. The molecule has 0 saturated carbocycles. The van der Waals surface area contributed by atoms with Crippen LogP contribution in [0.2, 0.25) is 0 Å². The summed E-state index contributed by atoms with van der Waals surface area (Å²) in [5.41, 5.74) is 7.37. The summed E-state index contributed by atoms with van der Waals surface area (Å²) in [6.07, 6.45) is -4.03. The summed E-state index contributed by atoms with van der Waals surface area (Å²) in [6, 6.07) is 13.0. The second-order valence-corrected chi connectivity index (χ2v) is 5.29. The molecule has 140 valence electrons. The Morgan fingerprint density at radius 2 is 1.85 bits per heavy atom. The summed E-state index contributed by atoms with van der Waals surface area (Å²) in [6.45, 7) is 2.99. The number of alkyl halides is 3. The lowest BCUT2D eigenvalue weighted by Gasteiger charge is -2.10. The average Bonchev–Trinajstić information content (AvgIpc) is 2.56. The number of rotatable bonds is 7. The average molecular weight is 367 g/mol. The number of nitrogens with zero attached hydrogens (tertiary/aromatic N) is 1. The second kappa shape index (κ2) is 8.98. The van der Waals surface area contributed by atoms with Crippen molar-refractivity contribution in [1.82, 2.24) is 0 Å². The Morgan fingerprint density at radius 3 is 2.50 bits per heavy atom. The van der Waals surface area contributed by atoms with Crippen LogP contribution in [0.1, 0.15) is 12.5 Å². The third-order valence-electron chi connectivity index (χ3n) is 3.25. The van der Waals surface area contributed by atoms with E-state index >= 15 is 0 Å². The Bertz CT molecular complexity index is 731. The summed E-state index contributed by atoms with van der Waals surface area (Å²) < 4.78 is 45.6. The van der Waals surface area contributed by atoms with E-state index in [1.165, 1.54) is 24.3 Å². The van der Waals surface area contributed by atoms with E-state index in [-0.39, 0.29) is 11.7 Å². The largest absolute Gasteiger partial charge is 0.573 e. The summed E-state index contributed by atoms with van der Waals surface area (Å²) in [5, 5.41) is 2.82. The van der Waals surface area contributed by atoms with Crippen molar-refractivity contribution in [2.75, 3.05) is 18.5 Å². The first-order valence-electron chi connectivity index (χ1n) is 8.00. The highest BCUT2D eigenvalue weighted by Crippen LogP contribution is 2.23. The first kappa shape index (κ1) is 19.4. The number of halogens is 3. The van der Waals surface area contributed by atoms with Crippen molar-refractivity contribution in [3.05, 3.63) is 54.1 Å². The van der Waals surface area contributed by atoms with E-state index in [4.69, 9.17) is 10.5 Å². The van der Waals surface area contributed by atoms with Gasteiger partial charge in [0.1, 0.15) is 11.5 Å². The molecule has 0 saturated heterocycles. The van der Waals surface area contributed by atoms with E-state index in [1.54, 1.807) is 0 Å². The molecule has 2 aromatic rings. The van der Waals surface area contributed by atoms with Gasteiger partial charge in [0.2, 0.25) is 0 Å². The lowest BCUT2D eigenvalue weighted by molar-refractivity contribution is -0.274. The van der Waals surface area contributed by atoms with Crippen molar-refractivity contribution >= 4 is 11.6 Å². The topological polar surface area (TPSA) is 68.9 Å². The Hall–Kier alpha value is -2.90. The molecule has 5 nitrogen and oxygen atoms in total. The van der Waals surface area contributed by atoms with Crippen molar-refractivity contribution < 1.29 is 22.6 Å². The number of nitrogens with two attached hydrogens (primary N) is 1. The van der Waals surface area contributed by atoms with E-state index in [2.05, 4.69) is 15.0 Å². The lowest BCUT2D eigenvalue weighted by atomic mass is 10.1. The van der Waals surface area contributed by atoms with Crippen molar-refractivity contribution in [3.8, 4) is 11.5 Å². The molecule has 0 aromatic heterocycles. The Morgan fingerprint density at radius 1 is 1.12 bits per heavy atom. The molecule has 2 aromatic carbocycles. The van der Waals surface area contributed by atoms with Gasteiger partial charge < -0.3 is 20.5 Å². The zero-order valence-corrected chi connectivity index (χ0v) is 14.2. The van der Waals surface area contributed by atoms with Crippen LogP contribution in [-0.2, 0) is 6.42 Å². The molecule has 0 aliphatic heterocycles. The van der Waals surface area contributed by atoms with Crippen LogP contribution in [0, 0.1) is 0 Å². The van der Waals surface area contributed by atoms with Crippen molar-refractivity contribution in [3.63, 3.8) is 0 Å². The van der Waals surface area contributed by atoms with Crippen LogP contribution in [0.25, 0.3) is 0 Å². The summed E-state index contributed by atoms with van der Waals surface area (Å²) in [5.74, 6) is 0.685. The van der Waals surface area contributed by atoms with Crippen LogP contribution in [0.3, 0.4) is 0 Å². The fourth-order valence-corrected chi connectivity index (χ4v) is 2.19. The first-order chi connectivity index (χ1) is 12.4. The Labute approximate surface area is 149 Å². The van der Waals surface area contributed by atoms with Crippen LogP contribution < -0.4 is 20.5 Å². The lowest BCUT2D eigenvalue weighted by Crippen LogP contribution is -2.23. The zero-order chi connectivity index (χ0) is 19.0. The summed E-state index contributed by atoms with van der Waals surface area (Å²) in [4.78, 5) is 4.20. The van der Waals surface area contributed by atoms with Gasteiger partial charge in [0.25, 0.3) is 0 Å². The first-order valence-corrected chi connectivity index (χ1v) is 8.00. The van der Waals surface area contributed by atoms with Gasteiger partial charge in [-0.1, -0.05) is 12.1 Å². The van der Waals surface area contributed by atoms with Gasteiger partial charge in [0.05, 0.1) is 6.61 Å². The molecule has 0 bridgehead atoms. The minimum Gasteiger partial charge on any atom is -0.494 e. The second-order valence-electron chi connectivity index (χ2n) is 5.29. The molecule has 0 aliphatic carbocycles. The minimum atomic E-state index is -4.71. The molecule has 26 heavy (non-hydrogen) atoms. The van der Waals surface area contributed by atoms with Crippen LogP contribution in [0.15, 0.2) is 53.5 Å². The van der Waals surface area contributed by atoms with Crippen molar-refractivity contribution in [2.24, 2.45) is 10.7 Å². The van der Waals surface area contributed by atoms with E-state index < -0.39 is 6.36 Å². The number of anilines is 1. The van der Waals surface area contributed by atoms with Gasteiger partial charge >= 0.3 is 6.36 Å². The number of guanidine groups is 1. The van der Waals surface area contributed by atoms with Gasteiger partial charge in [0, 0.05) is 12.2 Å². The minimum absolute atomic E-state index is 0.176. The van der Waals surface area contributed by atoms with Gasteiger partial charge in [0.15, 0.2) is 5.96 Å². The molecule has 0 radical (unpaired) electrons. The highest BCUT2D eigenvalue weighted by atomic mass is 19.4. The molecular formula is C18H20F3N3O2. The van der Waals surface area contributed by atoms with E-state index in [0.29, 0.717) is 25.3 Å². The van der Waals surface area contributed by atoms with Gasteiger partial charge in [-0.3, -0.25) is 4.99 Å². The molecule has 2 rings (SSSR count). The molecule has 0 amide bonds. The molecule has 0 heterocycles. The van der Waals surface area contributed by atoms with Gasteiger partial charge in [-0.2, -0.15) is 0 Å². The standard InChI is InChI=1S/C18H20F3N3O2/c1-2-25-16-5-3-4-13(12-16)10-11-23-17(22)24-14-6-8-15(9-7-14)26-18(19,20)21/h3-9,12H,2,10-11H2,1H3,(H3,22,23,24). The Balaban J connectivity index is 1.85. The third kappa shape index (κ3) is 6.92. The molecule has 0 unspecified atom stereocenters. The SMILES string of the molecule is CCOc1cccc(CCN=C(N)Nc2ccc(OC(F)(F)F)cc2)c1. The highest BCUT2D eigenvalue weighted by Gasteiger charge is 2.30. The van der Waals surface area contributed by atoms with E-state index in [1.807, 2.05) is 31.2 Å². The number of ether oxygens (including phenoxy) is 2. The van der Waals surface area contributed by atoms with Crippen LogP contribution in [0.4, 0.5) is 18.9 Å². The van der Waals surface area contributed by atoms with E-state index in [0.717, 1.165) is 11.3 Å². The maximum absolute atomic E-state index is 12.1. The number of hydrogen-bond donors (Lipinski definition) is 2. The fourth-order valence-electron chi connectivity index (χ4n) is 2.19. The smallest absolute Gasteiger partial charge is 0.494 e. The Kier molecular flexibility index (Phi) is 6.71. The maximum Gasteiger partial charge on any atom is 0.573 e. The van der Waals surface area contributed by atoms with Gasteiger partial charge in [-0.25, -0.2) is 0 Å². The zero-order valence-electron chi connectivity index (χ0n) is 14.2. The number of nitrogens with one attached hydrogen (secondary N) is 1. The van der Waals surface area contributed by atoms with Gasteiger partial charge in [-0.05, 0) is 55.3 Å². The molecule has 0 atom stereocenters. The molecular weight excluding hydrogens is 347 g/mol. The van der Waals surface area contributed by atoms with Crippen LogP contribution in [0.5, 0.6) is 11.5 Å². The quantitative estimate of drug-likeness (QED) is 0.574. The summed E-state index contributed by atoms with van der Waals surface area (Å²) >= 11 is 0. The maximum atomic E-state index is 12.1. The molecule has 8 heteroatoms. The predicted octanol–water partition coefficient (Wildman–Crippen LogP) is 3.95. The fraction of sp³-hybridized carbons (Fsp3) is 0.278. The normalized spacial score (nSPS) is 11.9.